The van der Waals surface area contributed by atoms with E-state index in [9.17, 15) is 4.39 Å². The summed E-state index contributed by atoms with van der Waals surface area (Å²) in [6.07, 6.45) is 0.974. The molecule has 10 heteroatoms. The van der Waals surface area contributed by atoms with Gasteiger partial charge in [-0.3, -0.25) is 0 Å². The van der Waals surface area contributed by atoms with E-state index >= 15 is 0 Å². The first-order chi connectivity index (χ1) is 14.6. The van der Waals surface area contributed by atoms with Crippen LogP contribution in [0.1, 0.15) is 24.2 Å². The molecule has 154 valence electrons. The van der Waals surface area contributed by atoms with Crippen molar-refractivity contribution in [2.45, 2.75) is 30.9 Å². The molecule has 2 N–H and O–H groups in total. The van der Waals surface area contributed by atoms with E-state index in [1.165, 1.54) is 34.1 Å². The summed E-state index contributed by atoms with van der Waals surface area (Å²) in [7, 11) is 0. The van der Waals surface area contributed by atoms with Crippen molar-refractivity contribution in [3.63, 3.8) is 0 Å². The minimum absolute atomic E-state index is 0.0105. The molecule has 0 radical (unpaired) electrons. The molecule has 0 atom stereocenters. The zero-order chi connectivity index (χ0) is 20.9. The first-order valence-corrected chi connectivity index (χ1v) is 10.2. The maximum absolute atomic E-state index is 13.6. The molecular weight excluding hydrogens is 407 g/mol. The van der Waals surface area contributed by atoms with Crippen LogP contribution in [0, 0.1) is 5.82 Å². The molecule has 0 fully saturated rings. The molecule has 4 aromatic rings. The fraction of sp³-hybridized carbons (Fsp3) is 0.200. The minimum atomic E-state index is -0.452. The zero-order valence-corrected chi connectivity index (χ0v) is 17.0. The van der Waals surface area contributed by atoms with Crippen molar-refractivity contribution < 1.29 is 13.7 Å². The second-order valence-corrected chi connectivity index (χ2v) is 7.28. The molecule has 0 amide bonds. The fourth-order valence-electron chi connectivity index (χ4n) is 2.65. The van der Waals surface area contributed by atoms with Gasteiger partial charge in [0.2, 0.25) is 16.9 Å². The summed E-state index contributed by atoms with van der Waals surface area (Å²) in [4.78, 5) is 4.41. The summed E-state index contributed by atoms with van der Waals surface area (Å²) in [6, 6.07) is 14.2. The van der Waals surface area contributed by atoms with Gasteiger partial charge in [0.15, 0.2) is 17.4 Å². The van der Waals surface area contributed by atoms with Crippen molar-refractivity contribution in [2.24, 2.45) is 0 Å². The fourth-order valence-corrected chi connectivity index (χ4v) is 3.37. The van der Waals surface area contributed by atoms with Gasteiger partial charge in [-0.2, -0.15) is 4.98 Å². The van der Waals surface area contributed by atoms with Gasteiger partial charge < -0.3 is 15.1 Å². The number of hydrogen-bond acceptors (Lipinski definition) is 8. The number of aryl methyl sites for hydroxylation is 1. The molecule has 0 aliphatic heterocycles. The first kappa shape index (κ1) is 19.9. The van der Waals surface area contributed by atoms with Crippen molar-refractivity contribution in [1.29, 1.82) is 0 Å². The number of nitrogens with zero attached hydrogens (tertiary/aromatic N) is 5. The minimum Gasteiger partial charge on any atom is -0.482 e. The van der Waals surface area contributed by atoms with Crippen LogP contribution in [0.25, 0.3) is 11.4 Å². The van der Waals surface area contributed by atoms with Gasteiger partial charge in [0.1, 0.15) is 6.61 Å². The molecule has 2 heterocycles. The van der Waals surface area contributed by atoms with E-state index in [2.05, 4.69) is 27.3 Å². The molecule has 0 saturated heterocycles. The maximum Gasteiger partial charge on any atom is 0.237 e. The highest BCUT2D eigenvalue weighted by molar-refractivity contribution is 7.98. The molecule has 0 bridgehead atoms. The normalized spacial score (nSPS) is 11.0. The highest BCUT2D eigenvalue weighted by Gasteiger charge is 2.15. The Balaban J connectivity index is 1.36. The lowest BCUT2D eigenvalue weighted by molar-refractivity contribution is 0.277. The number of hydrogen-bond donors (Lipinski definition) is 1. The molecule has 0 aliphatic rings. The number of rotatable bonds is 8. The number of aromatic nitrogens is 5. The van der Waals surface area contributed by atoms with Crippen LogP contribution in [-0.2, 0) is 18.8 Å². The Hall–Kier alpha value is -3.40. The lowest BCUT2D eigenvalue weighted by Crippen LogP contribution is -2.16. The number of ether oxygens (including phenoxy) is 1. The van der Waals surface area contributed by atoms with Crippen LogP contribution in [0.5, 0.6) is 5.75 Å². The van der Waals surface area contributed by atoms with Gasteiger partial charge in [0.05, 0.1) is 5.75 Å². The average Bonchev–Trinajstić information content (AvgIpc) is 3.38. The van der Waals surface area contributed by atoms with E-state index in [0.717, 1.165) is 12.0 Å². The van der Waals surface area contributed by atoms with Crippen molar-refractivity contribution >= 4 is 11.8 Å². The van der Waals surface area contributed by atoms with Crippen molar-refractivity contribution in [2.75, 3.05) is 5.84 Å². The van der Waals surface area contributed by atoms with Gasteiger partial charge in [-0.1, -0.05) is 60.2 Å². The van der Waals surface area contributed by atoms with E-state index < -0.39 is 5.82 Å². The average molecular weight is 426 g/mol. The number of halogens is 1. The third kappa shape index (κ3) is 4.43. The van der Waals surface area contributed by atoms with Gasteiger partial charge in [-0.05, 0) is 24.1 Å². The van der Waals surface area contributed by atoms with Gasteiger partial charge in [0.25, 0.3) is 0 Å². The van der Waals surface area contributed by atoms with Gasteiger partial charge in [-0.25, -0.2) is 9.07 Å². The number of benzene rings is 2. The Labute approximate surface area is 176 Å². The molecule has 0 saturated carbocycles. The highest BCUT2D eigenvalue weighted by atomic mass is 32.2. The Morgan fingerprint density at radius 1 is 1.13 bits per heavy atom. The van der Waals surface area contributed by atoms with E-state index in [4.69, 9.17) is 15.1 Å². The van der Waals surface area contributed by atoms with Gasteiger partial charge in [0, 0.05) is 5.56 Å². The first-order valence-electron chi connectivity index (χ1n) is 9.25. The van der Waals surface area contributed by atoms with E-state index in [0.29, 0.717) is 28.4 Å². The number of thioether (sulfide) groups is 1. The van der Waals surface area contributed by atoms with E-state index in [-0.39, 0.29) is 12.4 Å². The molecule has 30 heavy (non-hydrogen) atoms. The highest BCUT2D eigenvalue weighted by Crippen LogP contribution is 2.23. The molecule has 2 aromatic heterocycles. The number of para-hydroxylation sites is 1. The van der Waals surface area contributed by atoms with Crippen LogP contribution < -0.4 is 10.6 Å². The third-order valence-electron chi connectivity index (χ3n) is 4.34. The second-order valence-electron chi connectivity index (χ2n) is 6.34. The monoisotopic (exact) mass is 426 g/mol. The summed E-state index contributed by atoms with van der Waals surface area (Å²) in [5.74, 6) is 7.41. The molecular formula is C20H19FN6O2S. The topological polar surface area (TPSA) is 105 Å². The third-order valence-corrected chi connectivity index (χ3v) is 5.27. The molecule has 0 spiro atoms. The standard InChI is InChI=1S/C20H19FN6O2S/c1-2-13-7-9-14(10-8-13)19-23-18(29-26-19)12-30-20-25-24-17(27(20)22)11-28-16-6-4-3-5-15(16)21/h3-10H,2,11-12,22H2,1H3. The molecule has 8 nitrogen and oxygen atoms in total. The Kier molecular flexibility index (Phi) is 5.94. The Morgan fingerprint density at radius 3 is 2.70 bits per heavy atom. The second kappa shape index (κ2) is 8.95. The summed E-state index contributed by atoms with van der Waals surface area (Å²) in [5, 5.41) is 12.5. The van der Waals surface area contributed by atoms with Crippen LogP contribution in [-0.4, -0.2) is 25.0 Å². The van der Waals surface area contributed by atoms with E-state index in [1.807, 2.05) is 24.3 Å². The lowest BCUT2D eigenvalue weighted by Gasteiger charge is -2.06. The van der Waals surface area contributed by atoms with Crippen LogP contribution in [0.15, 0.2) is 58.2 Å². The number of nitrogen functional groups attached to an aromatic ring is 1. The number of nitrogens with two attached hydrogens (primary N) is 1. The van der Waals surface area contributed by atoms with Crippen LogP contribution >= 0.6 is 11.8 Å². The van der Waals surface area contributed by atoms with E-state index in [1.54, 1.807) is 12.1 Å². The smallest absolute Gasteiger partial charge is 0.237 e. The lowest BCUT2D eigenvalue weighted by atomic mass is 10.1. The summed E-state index contributed by atoms with van der Waals surface area (Å²) in [6.45, 7) is 2.09. The molecule has 4 rings (SSSR count). The van der Waals surface area contributed by atoms with Gasteiger partial charge in [-0.15, -0.1) is 10.2 Å². The molecule has 2 aromatic carbocycles. The predicted octanol–water partition coefficient (Wildman–Crippen LogP) is 3.61. The predicted molar refractivity (Wildman–Crippen MR) is 110 cm³/mol. The summed E-state index contributed by atoms with van der Waals surface area (Å²) < 4.78 is 25.7. The molecule has 0 aliphatic carbocycles. The Bertz CT molecular complexity index is 1130. The Morgan fingerprint density at radius 2 is 1.93 bits per heavy atom. The van der Waals surface area contributed by atoms with Crippen LogP contribution in [0.4, 0.5) is 4.39 Å². The largest absolute Gasteiger partial charge is 0.482 e. The van der Waals surface area contributed by atoms with Crippen LogP contribution in [0.2, 0.25) is 0 Å². The molecule has 0 unspecified atom stereocenters. The maximum atomic E-state index is 13.6. The summed E-state index contributed by atoms with van der Waals surface area (Å²) >= 11 is 1.30. The van der Waals surface area contributed by atoms with Gasteiger partial charge >= 0.3 is 0 Å². The SMILES string of the molecule is CCc1ccc(-c2noc(CSc3nnc(COc4ccccc4F)n3N)n2)cc1. The summed E-state index contributed by atoms with van der Waals surface area (Å²) in [5.41, 5.74) is 2.14. The van der Waals surface area contributed by atoms with Crippen molar-refractivity contribution in [3.8, 4) is 17.1 Å². The van der Waals surface area contributed by atoms with Crippen molar-refractivity contribution in [1.82, 2.24) is 25.0 Å². The van der Waals surface area contributed by atoms with Crippen molar-refractivity contribution in [3.05, 3.63) is 71.6 Å². The zero-order valence-electron chi connectivity index (χ0n) is 16.2. The van der Waals surface area contributed by atoms with Crippen LogP contribution in [0.3, 0.4) is 0 Å². The quantitative estimate of drug-likeness (QED) is 0.336.